The molecular weight excluding hydrogens is 448 g/mol. The quantitative estimate of drug-likeness (QED) is 0.276. The summed E-state index contributed by atoms with van der Waals surface area (Å²) in [5.41, 5.74) is 4.16. The molecule has 0 aliphatic carbocycles. The summed E-state index contributed by atoms with van der Waals surface area (Å²) in [5.74, 6) is 2.77. The van der Waals surface area contributed by atoms with Crippen molar-refractivity contribution in [3.63, 3.8) is 0 Å². The number of hydrogen-bond acceptors (Lipinski definition) is 6. The van der Waals surface area contributed by atoms with E-state index in [0.29, 0.717) is 6.42 Å². The lowest BCUT2D eigenvalue weighted by atomic mass is 9.92. The molecule has 4 rings (SSSR count). The highest BCUT2D eigenvalue weighted by molar-refractivity contribution is 5.99. The summed E-state index contributed by atoms with van der Waals surface area (Å²) in [7, 11) is 0. The van der Waals surface area contributed by atoms with E-state index in [9.17, 15) is 4.79 Å². The number of benzene rings is 1. The molecule has 0 amide bonds. The summed E-state index contributed by atoms with van der Waals surface area (Å²) in [6.07, 6.45) is 13.7. The van der Waals surface area contributed by atoms with Crippen molar-refractivity contribution in [2.45, 2.75) is 78.6 Å². The van der Waals surface area contributed by atoms with Crippen LogP contribution in [0.25, 0.3) is 0 Å². The summed E-state index contributed by atoms with van der Waals surface area (Å²) >= 11 is 0. The summed E-state index contributed by atoms with van der Waals surface area (Å²) in [6, 6.07) is 4.09. The Morgan fingerprint density at radius 3 is 2.31 bits per heavy atom. The Balaban J connectivity index is 1.16. The van der Waals surface area contributed by atoms with E-state index in [0.717, 1.165) is 79.8 Å². The normalized spacial score (nSPS) is 17.0. The molecule has 0 N–H and O–H groups in total. The molecule has 196 valence electrons. The number of Topliss-reactive ketones (excluding diaryl/α,β-unsaturated/α-hetero) is 1. The topological polar surface area (TPSA) is 58.6 Å². The molecule has 2 aliphatic heterocycles. The Morgan fingerprint density at radius 2 is 1.67 bits per heavy atom. The fourth-order valence-corrected chi connectivity index (χ4v) is 5.72. The van der Waals surface area contributed by atoms with Crippen molar-refractivity contribution in [3.05, 3.63) is 46.8 Å². The molecule has 1 aromatic carbocycles. The predicted octanol–water partition coefficient (Wildman–Crippen LogP) is 5.79. The number of aromatic nitrogens is 2. The lowest BCUT2D eigenvalue weighted by Crippen LogP contribution is -2.35. The minimum absolute atomic E-state index is 0.272. The second-order valence-corrected chi connectivity index (χ2v) is 10.7. The van der Waals surface area contributed by atoms with Crippen molar-refractivity contribution in [2.75, 3.05) is 44.2 Å². The molecule has 2 saturated heterocycles. The van der Waals surface area contributed by atoms with Crippen LogP contribution in [0, 0.1) is 19.8 Å². The van der Waals surface area contributed by atoms with Gasteiger partial charge < -0.3 is 14.5 Å². The summed E-state index contributed by atoms with van der Waals surface area (Å²) in [5, 5.41) is 0. The van der Waals surface area contributed by atoms with E-state index in [2.05, 4.69) is 26.7 Å². The van der Waals surface area contributed by atoms with Crippen LogP contribution in [0.2, 0.25) is 0 Å². The van der Waals surface area contributed by atoms with Crippen LogP contribution in [0.15, 0.2) is 24.5 Å². The zero-order chi connectivity index (χ0) is 25.3. The molecule has 3 heterocycles. The number of hydrogen-bond donors (Lipinski definition) is 0. The fraction of sp³-hybridized carbons (Fsp3) is 0.633. The van der Waals surface area contributed by atoms with Gasteiger partial charge in [0.15, 0.2) is 5.78 Å². The molecule has 0 saturated carbocycles. The molecule has 0 radical (unpaired) electrons. The molecule has 36 heavy (non-hydrogen) atoms. The first-order valence-corrected chi connectivity index (χ1v) is 14.1. The first-order valence-electron chi connectivity index (χ1n) is 14.1. The number of rotatable bonds is 12. The van der Waals surface area contributed by atoms with E-state index in [4.69, 9.17) is 4.74 Å². The van der Waals surface area contributed by atoms with E-state index in [1.807, 2.05) is 38.4 Å². The Kier molecular flexibility index (Phi) is 9.74. The predicted molar refractivity (Wildman–Crippen MR) is 146 cm³/mol. The molecule has 0 spiro atoms. The number of aryl methyl sites for hydroxylation is 3. The zero-order valence-electron chi connectivity index (χ0n) is 22.6. The van der Waals surface area contributed by atoms with Crippen molar-refractivity contribution in [1.82, 2.24) is 14.9 Å². The summed E-state index contributed by atoms with van der Waals surface area (Å²) in [6.45, 7) is 12.4. The van der Waals surface area contributed by atoms with Gasteiger partial charge in [0.1, 0.15) is 5.75 Å². The largest absolute Gasteiger partial charge is 0.494 e. The van der Waals surface area contributed by atoms with Crippen LogP contribution >= 0.6 is 0 Å². The van der Waals surface area contributed by atoms with Gasteiger partial charge >= 0.3 is 0 Å². The third-order valence-electron chi connectivity index (χ3n) is 7.88. The van der Waals surface area contributed by atoms with Crippen LogP contribution in [0.5, 0.6) is 5.75 Å². The summed E-state index contributed by atoms with van der Waals surface area (Å²) < 4.78 is 6.11. The third kappa shape index (κ3) is 7.28. The first-order chi connectivity index (χ1) is 17.5. The lowest BCUT2D eigenvalue weighted by molar-refractivity contribution is 0.0975. The van der Waals surface area contributed by atoms with Crippen LogP contribution in [0.4, 0.5) is 5.95 Å². The smallest absolute Gasteiger partial charge is 0.225 e. The number of piperidine rings is 1. The van der Waals surface area contributed by atoms with Crippen molar-refractivity contribution in [2.24, 2.45) is 5.92 Å². The van der Waals surface area contributed by atoms with E-state index < -0.39 is 0 Å². The average Bonchev–Trinajstić information content (AvgIpc) is 3.40. The molecule has 6 heteroatoms. The molecule has 2 fully saturated rings. The number of ether oxygens (including phenoxy) is 1. The molecule has 6 nitrogen and oxygen atoms in total. The second-order valence-electron chi connectivity index (χ2n) is 10.7. The van der Waals surface area contributed by atoms with E-state index in [1.165, 1.54) is 50.8 Å². The van der Waals surface area contributed by atoms with Gasteiger partial charge in [0.25, 0.3) is 0 Å². The van der Waals surface area contributed by atoms with Gasteiger partial charge in [-0.15, -0.1) is 0 Å². The van der Waals surface area contributed by atoms with Crippen molar-refractivity contribution in [1.29, 1.82) is 0 Å². The minimum Gasteiger partial charge on any atom is -0.494 e. The number of likely N-dealkylation sites (tertiary alicyclic amines) is 1. The molecular formula is C30H44N4O2. The van der Waals surface area contributed by atoms with Crippen LogP contribution < -0.4 is 9.64 Å². The van der Waals surface area contributed by atoms with Crippen LogP contribution in [-0.2, 0) is 6.42 Å². The Morgan fingerprint density at radius 1 is 1.00 bits per heavy atom. The maximum atomic E-state index is 12.9. The van der Waals surface area contributed by atoms with Crippen molar-refractivity contribution >= 4 is 11.7 Å². The van der Waals surface area contributed by atoms with Gasteiger partial charge in [-0.25, -0.2) is 9.97 Å². The number of carbonyl (C=O) groups is 1. The monoisotopic (exact) mass is 492 g/mol. The number of nitrogens with zero attached hydrogens (tertiary/aromatic N) is 4. The van der Waals surface area contributed by atoms with E-state index in [1.54, 1.807) is 0 Å². The first kappa shape index (κ1) is 26.6. The summed E-state index contributed by atoms with van der Waals surface area (Å²) in [4.78, 5) is 26.8. The standard InChI is InChI=1S/C30H44N4O2/c1-4-25-21-31-30(32-22-25)34-16-11-26(12-17-34)9-8-18-36-27-19-23(2)29(24(3)20-27)28(35)10-7-15-33-13-5-6-14-33/h19-22,26H,4-18H2,1-3H3. The van der Waals surface area contributed by atoms with E-state index in [-0.39, 0.29) is 5.78 Å². The maximum Gasteiger partial charge on any atom is 0.225 e. The zero-order valence-corrected chi connectivity index (χ0v) is 22.6. The average molecular weight is 493 g/mol. The number of anilines is 1. The number of ketones is 1. The van der Waals surface area contributed by atoms with Crippen LogP contribution in [-0.4, -0.2) is 60.0 Å². The Labute approximate surface area is 217 Å². The molecule has 0 unspecified atom stereocenters. The van der Waals surface area contributed by atoms with Crippen molar-refractivity contribution < 1.29 is 9.53 Å². The molecule has 2 aliphatic rings. The highest BCUT2D eigenvalue weighted by Crippen LogP contribution is 2.26. The molecule has 0 bridgehead atoms. The fourth-order valence-electron chi connectivity index (χ4n) is 5.72. The minimum atomic E-state index is 0.272. The van der Waals surface area contributed by atoms with Gasteiger partial charge in [-0.1, -0.05) is 6.92 Å². The molecule has 2 aromatic rings. The van der Waals surface area contributed by atoms with Crippen LogP contribution in [0.1, 0.15) is 85.3 Å². The second kappa shape index (κ2) is 13.2. The van der Waals surface area contributed by atoms with E-state index >= 15 is 0 Å². The van der Waals surface area contributed by atoms with Gasteiger partial charge in [-0.2, -0.15) is 0 Å². The van der Waals surface area contributed by atoms with Gasteiger partial charge in [0.2, 0.25) is 5.95 Å². The highest BCUT2D eigenvalue weighted by atomic mass is 16.5. The Bertz CT molecular complexity index is 954. The van der Waals surface area contributed by atoms with Gasteiger partial charge in [-0.3, -0.25) is 4.79 Å². The van der Waals surface area contributed by atoms with Gasteiger partial charge in [0, 0.05) is 37.5 Å². The SMILES string of the molecule is CCc1cnc(N2CCC(CCCOc3cc(C)c(C(=O)CCCN4CCCC4)c(C)c3)CC2)nc1. The lowest BCUT2D eigenvalue weighted by Gasteiger charge is -2.32. The highest BCUT2D eigenvalue weighted by Gasteiger charge is 2.21. The van der Waals surface area contributed by atoms with Crippen LogP contribution in [0.3, 0.4) is 0 Å². The number of carbonyl (C=O) groups excluding carboxylic acids is 1. The third-order valence-corrected chi connectivity index (χ3v) is 7.88. The maximum absolute atomic E-state index is 12.9. The van der Waals surface area contributed by atoms with Gasteiger partial charge in [0.05, 0.1) is 6.61 Å². The van der Waals surface area contributed by atoms with Gasteiger partial charge in [-0.05, 0) is 120 Å². The Hall–Kier alpha value is -2.47. The van der Waals surface area contributed by atoms with Crippen molar-refractivity contribution in [3.8, 4) is 5.75 Å². The molecule has 1 aromatic heterocycles. The molecule has 0 atom stereocenters.